The van der Waals surface area contributed by atoms with Crippen molar-refractivity contribution >= 4 is 22.6 Å². The van der Waals surface area contributed by atoms with Gasteiger partial charge in [0.2, 0.25) is 0 Å². The number of rotatable bonds is 1. The predicted octanol–water partition coefficient (Wildman–Crippen LogP) is 3.84. The molecule has 0 aliphatic rings. The molecule has 0 aliphatic heterocycles. The molecule has 17 heavy (non-hydrogen) atoms. The Morgan fingerprint density at radius 1 is 1.12 bits per heavy atom. The summed E-state index contributed by atoms with van der Waals surface area (Å²) in [6.07, 6.45) is 0. The second kappa shape index (κ2) is 4.76. The Hall–Kier alpha value is -1.54. The molecule has 0 bridgehead atoms. The molecule has 2 aromatic rings. The van der Waals surface area contributed by atoms with Crippen LogP contribution in [-0.4, -0.2) is 5.11 Å². The van der Waals surface area contributed by atoms with Gasteiger partial charge in [0, 0.05) is 3.57 Å². The van der Waals surface area contributed by atoms with E-state index in [-0.39, 0.29) is 5.75 Å². The van der Waals surface area contributed by atoms with E-state index in [0.29, 0.717) is 5.56 Å². The van der Waals surface area contributed by atoms with Crippen molar-refractivity contribution in [3.63, 3.8) is 0 Å². The van der Waals surface area contributed by atoms with E-state index in [1.807, 2.05) is 31.2 Å². The number of aromatic hydroxyl groups is 1. The Bertz CT molecular complexity index is 597. The van der Waals surface area contributed by atoms with Crippen LogP contribution in [0.25, 0.3) is 11.1 Å². The fourth-order valence-electron chi connectivity index (χ4n) is 1.73. The third-order valence-corrected chi connectivity index (χ3v) is 4.08. The maximum absolute atomic E-state index is 9.27. The summed E-state index contributed by atoms with van der Waals surface area (Å²) >= 11 is 2.19. The average Bonchev–Trinajstić information content (AvgIpc) is 2.34. The first-order valence-electron chi connectivity index (χ1n) is 5.12. The number of phenolic OH excluding ortho intramolecular Hbond substituents is 1. The van der Waals surface area contributed by atoms with E-state index in [1.165, 1.54) is 0 Å². The van der Waals surface area contributed by atoms with E-state index in [4.69, 9.17) is 5.26 Å². The van der Waals surface area contributed by atoms with Gasteiger partial charge in [-0.3, -0.25) is 0 Å². The minimum atomic E-state index is 0.259. The summed E-state index contributed by atoms with van der Waals surface area (Å²) in [6.45, 7) is 2.00. The van der Waals surface area contributed by atoms with Crippen LogP contribution >= 0.6 is 22.6 Å². The van der Waals surface area contributed by atoms with Gasteiger partial charge in [0.25, 0.3) is 0 Å². The van der Waals surface area contributed by atoms with Gasteiger partial charge in [-0.05, 0) is 64.4 Å². The summed E-state index contributed by atoms with van der Waals surface area (Å²) < 4.78 is 0.982. The van der Waals surface area contributed by atoms with Crippen molar-refractivity contribution in [3.05, 3.63) is 51.1 Å². The third kappa shape index (κ3) is 2.27. The summed E-state index contributed by atoms with van der Waals surface area (Å²) in [7, 11) is 0. The van der Waals surface area contributed by atoms with Gasteiger partial charge in [-0.2, -0.15) is 5.26 Å². The standard InChI is InChI=1S/C14H10INO/c1-9-13(7-4-11(8-16)14(9)15)10-2-5-12(17)6-3-10/h2-7,17H,1H3. The lowest BCUT2D eigenvalue weighted by molar-refractivity contribution is 0.475. The molecule has 0 fully saturated rings. The first kappa shape index (κ1) is 11.9. The van der Waals surface area contributed by atoms with Crippen molar-refractivity contribution in [2.75, 3.05) is 0 Å². The van der Waals surface area contributed by atoms with Crippen molar-refractivity contribution in [1.29, 1.82) is 5.26 Å². The van der Waals surface area contributed by atoms with E-state index in [0.717, 1.165) is 20.3 Å². The molecular formula is C14H10INO. The molecule has 1 N–H and O–H groups in total. The molecule has 0 radical (unpaired) electrons. The van der Waals surface area contributed by atoms with Crippen molar-refractivity contribution in [1.82, 2.24) is 0 Å². The van der Waals surface area contributed by atoms with Crippen LogP contribution < -0.4 is 0 Å². The van der Waals surface area contributed by atoms with Crippen LogP contribution in [0.5, 0.6) is 5.75 Å². The van der Waals surface area contributed by atoms with Crippen LogP contribution in [0, 0.1) is 21.8 Å². The van der Waals surface area contributed by atoms with Crippen molar-refractivity contribution in [3.8, 4) is 22.9 Å². The Labute approximate surface area is 114 Å². The van der Waals surface area contributed by atoms with Crippen LogP contribution in [0.15, 0.2) is 36.4 Å². The Morgan fingerprint density at radius 2 is 1.76 bits per heavy atom. The Morgan fingerprint density at radius 3 is 2.35 bits per heavy atom. The van der Waals surface area contributed by atoms with Crippen LogP contribution in [0.1, 0.15) is 11.1 Å². The van der Waals surface area contributed by atoms with E-state index in [9.17, 15) is 5.11 Å². The zero-order valence-electron chi connectivity index (χ0n) is 9.24. The zero-order valence-corrected chi connectivity index (χ0v) is 11.4. The molecule has 3 heteroatoms. The maximum atomic E-state index is 9.27. The van der Waals surface area contributed by atoms with E-state index in [2.05, 4.69) is 28.7 Å². The van der Waals surface area contributed by atoms with Crippen molar-refractivity contribution < 1.29 is 5.11 Å². The summed E-state index contributed by atoms with van der Waals surface area (Å²) in [6, 6.07) is 13.0. The summed E-state index contributed by atoms with van der Waals surface area (Å²) in [5, 5.41) is 18.2. The normalized spacial score (nSPS) is 9.94. The molecule has 2 rings (SSSR count). The maximum Gasteiger partial charge on any atom is 0.115 e. The zero-order chi connectivity index (χ0) is 12.4. The highest BCUT2D eigenvalue weighted by molar-refractivity contribution is 14.1. The number of nitrogens with zero attached hydrogens (tertiary/aromatic N) is 1. The monoisotopic (exact) mass is 335 g/mol. The summed E-state index contributed by atoms with van der Waals surface area (Å²) in [4.78, 5) is 0. The molecule has 0 saturated heterocycles. The highest BCUT2D eigenvalue weighted by Gasteiger charge is 2.08. The Kier molecular flexibility index (Phi) is 3.34. The van der Waals surface area contributed by atoms with Crippen molar-refractivity contribution in [2.45, 2.75) is 6.92 Å². The number of halogens is 1. The van der Waals surface area contributed by atoms with E-state index >= 15 is 0 Å². The first-order valence-corrected chi connectivity index (χ1v) is 6.20. The molecule has 0 aliphatic carbocycles. The Balaban J connectivity index is 2.58. The predicted molar refractivity (Wildman–Crippen MR) is 75.7 cm³/mol. The minimum Gasteiger partial charge on any atom is -0.508 e. The average molecular weight is 335 g/mol. The van der Waals surface area contributed by atoms with Gasteiger partial charge >= 0.3 is 0 Å². The van der Waals surface area contributed by atoms with Gasteiger partial charge in [-0.1, -0.05) is 18.2 Å². The van der Waals surface area contributed by atoms with E-state index < -0.39 is 0 Å². The van der Waals surface area contributed by atoms with Gasteiger partial charge in [-0.25, -0.2) is 0 Å². The largest absolute Gasteiger partial charge is 0.508 e. The first-order chi connectivity index (χ1) is 8.13. The molecule has 2 aromatic carbocycles. The highest BCUT2D eigenvalue weighted by atomic mass is 127. The van der Waals surface area contributed by atoms with Gasteiger partial charge < -0.3 is 5.11 Å². The van der Waals surface area contributed by atoms with Gasteiger partial charge in [0.15, 0.2) is 0 Å². The molecule has 0 amide bonds. The topological polar surface area (TPSA) is 44.0 Å². The molecule has 0 spiro atoms. The van der Waals surface area contributed by atoms with Crippen LogP contribution in [0.3, 0.4) is 0 Å². The summed E-state index contributed by atoms with van der Waals surface area (Å²) in [5.41, 5.74) is 3.93. The lowest BCUT2D eigenvalue weighted by Crippen LogP contribution is -1.91. The number of hydrogen-bond donors (Lipinski definition) is 1. The smallest absolute Gasteiger partial charge is 0.115 e. The molecule has 0 heterocycles. The molecular weight excluding hydrogens is 325 g/mol. The van der Waals surface area contributed by atoms with Crippen molar-refractivity contribution in [2.24, 2.45) is 0 Å². The number of phenols is 1. The number of nitriles is 1. The minimum absolute atomic E-state index is 0.259. The van der Waals surface area contributed by atoms with E-state index in [1.54, 1.807) is 12.1 Å². The highest BCUT2D eigenvalue weighted by Crippen LogP contribution is 2.29. The quantitative estimate of drug-likeness (QED) is 0.805. The lowest BCUT2D eigenvalue weighted by atomic mass is 9.99. The lowest BCUT2D eigenvalue weighted by Gasteiger charge is -2.09. The molecule has 0 saturated carbocycles. The van der Waals surface area contributed by atoms with Crippen LogP contribution in [-0.2, 0) is 0 Å². The molecule has 0 atom stereocenters. The molecule has 2 nitrogen and oxygen atoms in total. The third-order valence-electron chi connectivity index (χ3n) is 2.69. The second-order valence-electron chi connectivity index (χ2n) is 3.76. The molecule has 0 unspecified atom stereocenters. The second-order valence-corrected chi connectivity index (χ2v) is 4.84. The summed E-state index contributed by atoms with van der Waals surface area (Å²) in [5.74, 6) is 0.259. The van der Waals surface area contributed by atoms with Crippen LogP contribution in [0.4, 0.5) is 0 Å². The molecule has 84 valence electrons. The number of benzene rings is 2. The molecule has 0 aromatic heterocycles. The fourth-order valence-corrected chi connectivity index (χ4v) is 2.32. The fraction of sp³-hybridized carbons (Fsp3) is 0.0714. The van der Waals surface area contributed by atoms with Gasteiger partial charge in [-0.15, -0.1) is 0 Å². The number of hydrogen-bond acceptors (Lipinski definition) is 2. The van der Waals surface area contributed by atoms with Gasteiger partial charge in [0.05, 0.1) is 5.56 Å². The van der Waals surface area contributed by atoms with Gasteiger partial charge in [0.1, 0.15) is 11.8 Å². The van der Waals surface area contributed by atoms with Crippen LogP contribution in [0.2, 0.25) is 0 Å². The SMILES string of the molecule is Cc1c(-c2ccc(O)cc2)ccc(C#N)c1I.